The first-order valence-corrected chi connectivity index (χ1v) is 9.74. The van der Waals surface area contributed by atoms with Gasteiger partial charge in [0.2, 0.25) is 5.91 Å². The van der Waals surface area contributed by atoms with Crippen molar-refractivity contribution < 1.29 is 4.79 Å². The van der Waals surface area contributed by atoms with Gasteiger partial charge in [-0.2, -0.15) is 5.10 Å². The fraction of sp³-hybridized carbons (Fsp3) is 0.208. The van der Waals surface area contributed by atoms with Gasteiger partial charge in [0.15, 0.2) is 0 Å². The maximum Gasteiger partial charge on any atom is 0.230 e. The van der Waals surface area contributed by atoms with Crippen LogP contribution in [0.25, 0.3) is 10.9 Å². The maximum absolute atomic E-state index is 12.9. The lowest BCUT2D eigenvalue weighted by atomic mass is 9.99. The Labute approximate surface area is 170 Å². The SMILES string of the molecule is Cc1cc(NC(=O)Cc2c(C)nc3ccccc3c2C)n(Cc2ccccc2)n1. The molecule has 4 rings (SSSR count). The highest BCUT2D eigenvalue weighted by molar-refractivity contribution is 5.93. The van der Waals surface area contributed by atoms with Crippen molar-refractivity contribution in [1.82, 2.24) is 14.8 Å². The summed E-state index contributed by atoms with van der Waals surface area (Å²) < 4.78 is 1.83. The van der Waals surface area contributed by atoms with Crippen LogP contribution in [0.5, 0.6) is 0 Å². The fourth-order valence-corrected chi connectivity index (χ4v) is 3.70. The van der Waals surface area contributed by atoms with Gasteiger partial charge in [0.25, 0.3) is 0 Å². The minimum Gasteiger partial charge on any atom is -0.311 e. The van der Waals surface area contributed by atoms with E-state index in [1.807, 2.05) is 61.0 Å². The van der Waals surface area contributed by atoms with E-state index in [9.17, 15) is 4.79 Å². The Kier molecular flexibility index (Phi) is 5.12. The van der Waals surface area contributed by atoms with E-state index in [-0.39, 0.29) is 12.3 Å². The molecule has 0 spiro atoms. The zero-order valence-corrected chi connectivity index (χ0v) is 16.9. The Hall–Kier alpha value is -3.47. The average molecular weight is 384 g/mol. The summed E-state index contributed by atoms with van der Waals surface area (Å²) in [5.41, 5.74) is 5.95. The molecule has 0 aliphatic heterocycles. The molecule has 0 atom stereocenters. The summed E-state index contributed by atoms with van der Waals surface area (Å²) >= 11 is 0. The number of amides is 1. The molecule has 0 saturated carbocycles. The van der Waals surface area contributed by atoms with E-state index < -0.39 is 0 Å². The zero-order chi connectivity index (χ0) is 20.4. The van der Waals surface area contributed by atoms with Gasteiger partial charge in [-0.25, -0.2) is 4.68 Å². The summed E-state index contributed by atoms with van der Waals surface area (Å²) in [5, 5.41) is 8.66. The van der Waals surface area contributed by atoms with Gasteiger partial charge in [0.05, 0.1) is 24.2 Å². The molecule has 1 amide bonds. The highest BCUT2D eigenvalue weighted by Crippen LogP contribution is 2.23. The molecular weight excluding hydrogens is 360 g/mol. The van der Waals surface area contributed by atoms with Crippen molar-refractivity contribution in [3.63, 3.8) is 0 Å². The van der Waals surface area contributed by atoms with Gasteiger partial charge in [0.1, 0.15) is 5.82 Å². The molecule has 0 aliphatic carbocycles. The van der Waals surface area contributed by atoms with Crippen molar-refractivity contribution >= 4 is 22.6 Å². The number of para-hydroxylation sites is 1. The third-order valence-electron chi connectivity index (χ3n) is 5.17. The molecule has 4 aromatic rings. The van der Waals surface area contributed by atoms with Crippen LogP contribution in [0, 0.1) is 20.8 Å². The largest absolute Gasteiger partial charge is 0.311 e. The number of carbonyl (C=O) groups is 1. The number of nitrogens with zero attached hydrogens (tertiary/aromatic N) is 3. The number of benzene rings is 2. The quantitative estimate of drug-likeness (QED) is 0.548. The smallest absolute Gasteiger partial charge is 0.230 e. The van der Waals surface area contributed by atoms with Gasteiger partial charge in [-0.1, -0.05) is 48.5 Å². The van der Waals surface area contributed by atoms with Crippen LogP contribution in [0.3, 0.4) is 0 Å². The molecule has 0 bridgehead atoms. The van der Waals surface area contributed by atoms with Gasteiger partial charge in [-0.15, -0.1) is 0 Å². The lowest BCUT2D eigenvalue weighted by molar-refractivity contribution is -0.115. The van der Waals surface area contributed by atoms with Gasteiger partial charge >= 0.3 is 0 Å². The van der Waals surface area contributed by atoms with Crippen molar-refractivity contribution in [2.24, 2.45) is 0 Å². The first-order valence-electron chi connectivity index (χ1n) is 9.74. The van der Waals surface area contributed by atoms with Crippen LogP contribution < -0.4 is 5.32 Å². The van der Waals surface area contributed by atoms with Crippen LogP contribution in [-0.4, -0.2) is 20.7 Å². The molecule has 0 unspecified atom stereocenters. The zero-order valence-electron chi connectivity index (χ0n) is 16.9. The van der Waals surface area contributed by atoms with Crippen molar-refractivity contribution in [3.05, 3.63) is 88.7 Å². The molecular formula is C24H24N4O. The Morgan fingerprint density at radius 1 is 1.00 bits per heavy atom. The normalized spacial score (nSPS) is 11.0. The molecule has 0 saturated heterocycles. The number of nitrogens with one attached hydrogen (secondary N) is 1. The van der Waals surface area contributed by atoms with E-state index >= 15 is 0 Å². The van der Waals surface area contributed by atoms with Crippen LogP contribution in [0.15, 0.2) is 60.7 Å². The summed E-state index contributed by atoms with van der Waals surface area (Å²) in [6, 6.07) is 20.0. The van der Waals surface area contributed by atoms with Crippen LogP contribution in [0.4, 0.5) is 5.82 Å². The highest BCUT2D eigenvalue weighted by atomic mass is 16.1. The second-order valence-corrected chi connectivity index (χ2v) is 7.36. The molecule has 146 valence electrons. The third-order valence-corrected chi connectivity index (χ3v) is 5.17. The predicted octanol–water partition coefficient (Wildman–Crippen LogP) is 4.59. The average Bonchev–Trinajstić information content (AvgIpc) is 3.04. The molecule has 2 aromatic carbocycles. The summed E-state index contributed by atoms with van der Waals surface area (Å²) in [5.74, 6) is 0.642. The molecule has 0 fully saturated rings. The Morgan fingerprint density at radius 2 is 1.72 bits per heavy atom. The van der Waals surface area contributed by atoms with Gasteiger partial charge in [-0.05, 0) is 43.5 Å². The van der Waals surface area contributed by atoms with Gasteiger partial charge in [-0.3, -0.25) is 9.78 Å². The van der Waals surface area contributed by atoms with Crippen molar-refractivity contribution in [1.29, 1.82) is 0 Å². The van der Waals surface area contributed by atoms with E-state index in [0.717, 1.165) is 39.0 Å². The fourth-order valence-electron chi connectivity index (χ4n) is 3.70. The van der Waals surface area contributed by atoms with Gasteiger partial charge in [0, 0.05) is 17.1 Å². The minimum absolute atomic E-state index is 0.0671. The van der Waals surface area contributed by atoms with Crippen molar-refractivity contribution in [2.45, 2.75) is 33.7 Å². The van der Waals surface area contributed by atoms with E-state index in [4.69, 9.17) is 0 Å². The number of pyridine rings is 1. The number of carbonyl (C=O) groups excluding carboxylic acids is 1. The maximum atomic E-state index is 12.9. The summed E-state index contributed by atoms with van der Waals surface area (Å²) in [7, 11) is 0. The minimum atomic E-state index is -0.0671. The van der Waals surface area contributed by atoms with Gasteiger partial charge < -0.3 is 5.32 Å². The molecule has 5 heteroatoms. The number of aromatic nitrogens is 3. The molecule has 29 heavy (non-hydrogen) atoms. The molecule has 0 radical (unpaired) electrons. The monoisotopic (exact) mass is 384 g/mol. The molecule has 0 aliphatic rings. The van der Waals surface area contributed by atoms with Crippen LogP contribution >= 0.6 is 0 Å². The Morgan fingerprint density at radius 3 is 2.52 bits per heavy atom. The summed E-state index contributed by atoms with van der Waals surface area (Å²) in [6.45, 7) is 6.56. The number of aryl methyl sites for hydroxylation is 3. The summed E-state index contributed by atoms with van der Waals surface area (Å²) in [4.78, 5) is 17.5. The van der Waals surface area contributed by atoms with E-state index in [0.29, 0.717) is 12.4 Å². The van der Waals surface area contributed by atoms with E-state index in [1.165, 1.54) is 0 Å². The lowest BCUT2D eigenvalue weighted by Crippen LogP contribution is -2.19. The number of hydrogen-bond acceptors (Lipinski definition) is 3. The van der Waals surface area contributed by atoms with Crippen LogP contribution in [0.2, 0.25) is 0 Å². The number of rotatable bonds is 5. The number of hydrogen-bond donors (Lipinski definition) is 1. The molecule has 2 heterocycles. The predicted molar refractivity (Wildman–Crippen MR) is 116 cm³/mol. The van der Waals surface area contributed by atoms with Crippen molar-refractivity contribution in [2.75, 3.05) is 5.32 Å². The number of fused-ring (bicyclic) bond motifs is 1. The first kappa shape index (κ1) is 18.9. The van der Waals surface area contributed by atoms with Crippen LogP contribution in [0.1, 0.15) is 28.1 Å². The lowest BCUT2D eigenvalue weighted by Gasteiger charge is -2.13. The van der Waals surface area contributed by atoms with E-state index in [2.05, 4.69) is 40.5 Å². The third kappa shape index (κ3) is 4.04. The second kappa shape index (κ2) is 7.87. The highest BCUT2D eigenvalue weighted by Gasteiger charge is 2.15. The van der Waals surface area contributed by atoms with Crippen molar-refractivity contribution in [3.8, 4) is 0 Å². The number of anilines is 1. The van der Waals surface area contributed by atoms with Crippen LogP contribution in [-0.2, 0) is 17.8 Å². The topological polar surface area (TPSA) is 59.8 Å². The standard InChI is InChI=1S/C24H24N4O/c1-16-13-23(28(27-16)15-19-9-5-4-6-10-19)26-24(29)14-21-17(2)20-11-7-8-12-22(20)25-18(21)3/h4-13H,14-15H2,1-3H3,(H,26,29). The molecule has 2 aromatic heterocycles. The summed E-state index contributed by atoms with van der Waals surface area (Å²) in [6.07, 6.45) is 0.283. The first-order chi connectivity index (χ1) is 14.0. The Balaban J connectivity index is 1.56. The second-order valence-electron chi connectivity index (χ2n) is 7.36. The Bertz CT molecular complexity index is 1180. The molecule has 1 N–H and O–H groups in total. The van der Waals surface area contributed by atoms with E-state index in [1.54, 1.807) is 0 Å². The molecule has 5 nitrogen and oxygen atoms in total.